The van der Waals surface area contributed by atoms with Gasteiger partial charge >= 0.3 is 0 Å². The van der Waals surface area contributed by atoms with Crippen LogP contribution in [0.25, 0.3) is 0 Å². The van der Waals surface area contributed by atoms with Crippen molar-refractivity contribution >= 4 is 23.4 Å². The number of nitrogens with one attached hydrogen (secondary N) is 1. The third kappa shape index (κ3) is 5.69. The maximum absolute atomic E-state index is 12.0. The van der Waals surface area contributed by atoms with Gasteiger partial charge in [0.25, 0.3) is 5.22 Å². The molecule has 0 unspecified atom stereocenters. The summed E-state index contributed by atoms with van der Waals surface area (Å²) in [4.78, 5) is 12.0. The number of aromatic nitrogens is 2. The third-order valence-corrected chi connectivity index (χ3v) is 4.14. The van der Waals surface area contributed by atoms with E-state index in [1.807, 2.05) is 32.0 Å². The van der Waals surface area contributed by atoms with Crippen LogP contribution in [0.15, 0.2) is 27.8 Å². The van der Waals surface area contributed by atoms with Crippen LogP contribution in [0.2, 0.25) is 0 Å². The lowest BCUT2D eigenvalue weighted by molar-refractivity contribution is -0.368. The van der Waals surface area contributed by atoms with E-state index in [1.165, 1.54) is 17.3 Å². The molecule has 1 aromatic heterocycles. The number of nitrogens with zero attached hydrogens (tertiary/aromatic N) is 2. The Kier molecular flexibility index (Phi) is 6.61. The zero-order valence-corrected chi connectivity index (χ0v) is 14.4. The van der Waals surface area contributed by atoms with Crippen molar-refractivity contribution in [1.29, 1.82) is 0 Å². The monoisotopic (exact) mass is 335 g/mol. The lowest BCUT2D eigenvalue weighted by Gasteiger charge is -2.08. The topological polar surface area (TPSA) is 95.7 Å². The molecule has 1 amide bonds. The molecule has 6 nitrogen and oxygen atoms in total. The number of carbonyl (C=O) groups excluding carboxylic acids is 1. The molecule has 0 saturated carbocycles. The molecule has 0 fully saturated rings. The Morgan fingerprint density at radius 3 is 2.87 bits per heavy atom. The Bertz CT molecular complexity index is 657. The molecule has 124 valence electrons. The first-order valence-corrected chi connectivity index (χ1v) is 8.68. The summed E-state index contributed by atoms with van der Waals surface area (Å²) in [6.07, 6.45) is 2.80. The quantitative estimate of drug-likeness (QED) is 0.568. The second kappa shape index (κ2) is 8.69. The predicted molar refractivity (Wildman–Crippen MR) is 90.3 cm³/mol. The molecule has 4 N–H and O–H groups in total. The number of amides is 1. The van der Waals surface area contributed by atoms with Gasteiger partial charge in [-0.3, -0.25) is 4.79 Å². The molecule has 0 bridgehead atoms. The van der Waals surface area contributed by atoms with Crippen LogP contribution in [-0.2, 0) is 11.2 Å². The number of hydrogen-bond donors (Lipinski definition) is 2. The van der Waals surface area contributed by atoms with E-state index in [9.17, 15) is 4.79 Å². The molecule has 7 heteroatoms. The van der Waals surface area contributed by atoms with E-state index in [4.69, 9.17) is 4.42 Å². The normalized spacial score (nSPS) is 10.7. The summed E-state index contributed by atoms with van der Waals surface area (Å²) in [6, 6.07) is 5.94. The maximum atomic E-state index is 12.0. The first-order chi connectivity index (χ1) is 11.1. The molecule has 0 atom stereocenters. The molecule has 1 aromatic carbocycles. The number of aryl methyl sites for hydroxylation is 3. The van der Waals surface area contributed by atoms with Gasteiger partial charge in [0, 0.05) is 12.1 Å². The molecule has 0 aliphatic carbocycles. The standard InChI is InChI=1S/C16H22N4O2S/c1-11-6-7-13(12(2)9-11)18-14(21)10-23-16-20-19-15(22-16)5-3-4-8-17/h6-7,9H,3-5,8,10,17H2,1-2H3,(H,18,21)/p+1. The van der Waals surface area contributed by atoms with Crippen molar-refractivity contribution in [1.82, 2.24) is 10.2 Å². The average molecular weight is 335 g/mol. The largest absolute Gasteiger partial charge is 0.416 e. The number of carbonyl (C=O) groups is 1. The lowest BCUT2D eigenvalue weighted by atomic mass is 10.1. The Morgan fingerprint density at radius 1 is 1.30 bits per heavy atom. The lowest BCUT2D eigenvalue weighted by Crippen LogP contribution is -2.50. The van der Waals surface area contributed by atoms with Crippen LogP contribution in [0.4, 0.5) is 5.69 Å². The Hall–Kier alpha value is -1.86. The maximum Gasteiger partial charge on any atom is 0.277 e. The van der Waals surface area contributed by atoms with Gasteiger partial charge in [-0.15, -0.1) is 10.2 Å². The van der Waals surface area contributed by atoms with Gasteiger partial charge in [0.1, 0.15) is 0 Å². The zero-order chi connectivity index (χ0) is 16.7. The summed E-state index contributed by atoms with van der Waals surface area (Å²) in [7, 11) is 0. The van der Waals surface area contributed by atoms with Gasteiger partial charge in [-0.05, 0) is 38.3 Å². The SMILES string of the molecule is Cc1ccc(NC(=O)CSc2nnc(CCCC[NH3+])o2)c(C)c1. The van der Waals surface area contributed by atoms with Crippen LogP contribution in [0.1, 0.15) is 29.9 Å². The van der Waals surface area contributed by atoms with Gasteiger partial charge in [-0.2, -0.15) is 0 Å². The van der Waals surface area contributed by atoms with Crippen LogP contribution >= 0.6 is 11.8 Å². The van der Waals surface area contributed by atoms with E-state index in [2.05, 4.69) is 21.2 Å². The fourth-order valence-electron chi connectivity index (χ4n) is 2.12. The highest BCUT2D eigenvalue weighted by molar-refractivity contribution is 7.99. The van der Waals surface area contributed by atoms with Gasteiger partial charge in [-0.1, -0.05) is 29.5 Å². The van der Waals surface area contributed by atoms with Crippen LogP contribution in [0.3, 0.4) is 0 Å². The van der Waals surface area contributed by atoms with Crippen molar-refractivity contribution in [2.45, 2.75) is 38.3 Å². The van der Waals surface area contributed by atoms with Crippen molar-refractivity contribution < 1.29 is 14.9 Å². The molecule has 2 aromatic rings. The molecule has 2 rings (SSSR count). The van der Waals surface area contributed by atoms with Crippen molar-refractivity contribution in [3.63, 3.8) is 0 Å². The Labute approximate surface area is 140 Å². The fourth-order valence-corrected chi connectivity index (χ4v) is 2.70. The number of rotatable bonds is 8. The Morgan fingerprint density at radius 2 is 2.13 bits per heavy atom. The highest BCUT2D eigenvalue weighted by atomic mass is 32.2. The summed E-state index contributed by atoms with van der Waals surface area (Å²) in [5.41, 5.74) is 6.86. The number of hydrogen-bond acceptors (Lipinski definition) is 5. The van der Waals surface area contributed by atoms with Crippen LogP contribution in [0, 0.1) is 13.8 Å². The minimum Gasteiger partial charge on any atom is -0.416 e. The Balaban J connectivity index is 1.80. The zero-order valence-electron chi connectivity index (χ0n) is 13.6. The van der Waals surface area contributed by atoms with E-state index in [0.29, 0.717) is 11.1 Å². The van der Waals surface area contributed by atoms with Crippen molar-refractivity contribution in [2.75, 3.05) is 17.6 Å². The number of quaternary nitrogens is 1. The van der Waals surface area contributed by atoms with Gasteiger partial charge in [0.15, 0.2) is 0 Å². The smallest absolute Gasteiger partial charge is 0.277 e. The molecule has 0 radical (unpaired) electrons. The minimum absolute atomic E-state index is 0.0845. The third-order valence-electron chi connectivity index (χ3n) is 3.32. The second-order valence-electron chi connectivity index (χ2n) is 5.43. The van der Waals surface area contributed by atoms with Crippen LogP contribution < -0.4 is 11.1 Å². The molecule has 0 aliphatic rings. The average Bonchev–Trinajstić information content (AvgIpc) is 2.96. The number of thioether (sulfide) groups is 1. The summed E-state index contributed by atoms with van der Waals surface area (Å²) in [6.45, 7) is 4.92. The molecule has 0 aliphatic heterocycles. The highest BCUT2D eigenvalue weighted by Gasteiger charge is 2.10. The number of benzene rings is 1. The second-order valence-corrected chi connectivity index (χ2v) is 6.35. The number of unbranched alkanes of at least 4 members (excludes halogenated alkanes) is 1. The van der Waals surface area contributed by atoms with E-state index < -0.39 is 0 Å². The molecule has 23 heavy (non-hydrogen) atoms. The summed E-state index contributed by atoms with van der Waals surface area (Å²) >= 11 is 1.25. The highest BCUT2D eigenvalue weighted by Crippen LogP contribution is 2.19. The summed E-state index contributed by atoms with van der Waals surface area (Å²) in [5, 5.41) is 11.3. The summed E-state index contributed by atoms with van der Waals surface area (Å²) < 4.78 is 5.51. The van der Waals surface area contributed by atoms with E-state index in [1.54, 1.807) is 0 Å². The number of anilines is 1. The fraction of sp³-hybridized carbons (Fsp3) is 0.438. The van der Waals surface area contributed by atoms with Crippen molar-refractivity contribution in [3.05, 3.63) is 35.2 Å². The van der Waals surface area contributed by atoms with Crippen LogP contribution in [0.5, 0.6) is 0 Å². The van der Waals surface area contributed by atoms with Gasteiger partial charge in [0.2, 0.25) is 11.8 Å². The molecular weight excluding hydrogens is 312 g/mol. The van der Waals surface area contributed by atoms with Crippen LogP contribution in [-0.4, -0.2) is 28.4 Å². The van der Waals surface area contributed by atoms with Crippen molar-refractivity contribution in [2.24, 2.45) is 0 Å². The van der Waals surface area contributed by atoms with E-state index in [-0.39, 0.29) is 11.7 Å². The van der Waals surface area contributed by atoms with E-state index >= 15 is 0 Å². The molecule has 1 heterocycles. The predicted octanol–water partition coefficient (Wildman–Crippen LogP) is 1.98. The summed E-state index contributed by atoms with van der Waals surface area (Å²) in [5.74, 6) is 0.780. The minimum atomic E-state index is -0.0845. The van der Waals surface area contributed by atoms with Gasteiger partial charge in [0.05, 0.1) is 12.3 Å². The molecular formula is C16H23N4O2S+. The van der Waals surface area contributed by atoms with Gasteiger partial charge < -0.3 is 15.5 Å². The van der Waals surface area contributed by atoms with Crippen molar-refractivity contribution in [3.8, 4) is 0 Å². The van der Waals surface area contributed by atoms with E-state index in [0.717, 1.165) is 37.1 Å². The first kappa shape index (κ1) is 17.5. The molecule has 0 saturated heterocycles. The molecule has 0 spiro atoms. The van der Waals surface area contributed by atoms with Gasteiger partial charge in [-0.25, -0.2) is 0 Å². The first-order valence-electron chi connectivity index (χ1n) is 7.70.